The Kier molecular flexibility index (Phi) is 3.79. The van der Waals surface area contributed by atoms with Crippen molar-refractivity contribution in [2.75, 3.05) is 13.1 Å². The van der Waals surface area contributed by atoms with Crippen LogP contribution in [0, 0.1) is 11.6 Å². The summed E-state index contributed by atoms with van der Waals surface area (Å²) in [6, 6.07) is 6.34. The van der Waals surface area contributed by atoms with Gasteiger partial charge in [0.1, 0.15) is 23.5 Å². The zero-order chi connectivity index (χ0) is 15.7. The van der Waals surface area contributed by atoms with E-state index in [0.717, 1.165) is 22.5 Å². The van der Waals surface area contributed by atoms with Crippen LogP contribution in [0.25, 0.3) is 0 Å². The van der Waals surface area contributed by atoms with Gasteiger partial charge in [-0.1, -0.05) is 6.07 Å². The number of ether oxygens (including phenoxy) is 1. The maximum atomic E-state index is 13.6. The number of pyridine rings is 1. The van der Waals surface area contributed by atoms with E-state index >= 15 is 0 Å². The molecule has 0 radical (unpaired) electrons. The highest BCUT2D eigenvalue weighted by Crippen LogP contribution is 2.27. The Labute approximate surface area is 126 Å². The molecular weight excluding hydrogens is 314 g/mol. The van der Waals surface area contributed by atoms with Gasteiger partial charge in [-0.3, -0.25) is 4.98 Å². The normalized spacial score (nSPS) is 16.3. The van der Waals surface area contributed by atoms with Crippen molar-refractivity contribution in [3.8, 4) is 5.75 Å². The predicted molar refractivity (Wildman–Crippen MR) is 73.8 cm³/mol. The SMILES string of the molecule is O=S(=O)(c1c(F)cccc1F)N1CC(Oc2cccnc2)C1. The zero-order valence-electron chi connectivity index (χ0n) is 11.3. The molecule has 116 valence electrons. The molecule has 0 amide bonds. The molecule has 1 aliphatic heterocycles. The molecule has 0 N–H and O–H groups in total. The van der Waals surface area contributed by atoms with Gasteiger partial charge in [0, 0.05) is 6.20 Å². The van der Waals surface area contributed by atoms with Gasteiger partial charge >= 0.3 is 0 Å². The van der Waals surface area contributed by atoms with E-state index in [2.05, 4.69) is 4.98 Å². The van der Waals surface area contributed by atoms with E-state index in [1.807, 2.05) is 0 Å². The van der Waals surface area contributed by atoms with Gasteiger partial charge in [0.15, 0.2) is 4.90 Å². The first kappa shape index (κ1) is 14.9. The van der Waals surface area contributed by atoms with Gasteiger partial charge in [0.05, 0.1) is 19.3 Å². The fourth-order valence-corrected chi connectivity index (χ4v) is 3.75. The summed E-state index contributed by atoms with van der Waals surface area (Å²) in [5, 5.41) is 0. The van der Waals surface area contributed by atoms with Crippen molar-refractivity contribution in [1.82, 2.24) is 9.29 Å². The minimum Gasteiger partial charge on any atom is -0.486 e. The zero-order valence-corrected chi connectivity index (χ0v) is 12.1. The smallest absolute Gasteiger partial charge is 0.249 e. The summed E-state index contributed by atoms with van der Waals surface area (Å²) < 4.78 is 58.2. The molecule has 22 heavy (non-hydrogen) atoms. The number of nitrogens with zero attached hydrogens (tertiary/aromatic N) is 2. The lowest BCUT2D eigenvalue weighted by atomic mass is 10.2. The van der Waals surface area contributed by atoms with Gasteiger partial charge in [-0.05, 0) is 24.3 Å². The molecule has 5 nitrogen and oxygen atoms in total. The van der Waals surface area contributed by atoms with Gasteiger partial charge in [-0.15, -0.1) is 0 Å². The van der Waals surface area contributed by atoms with Crippen molar-refractivity contribution in [3.63, 3.8) is 0 Å². The van der Waals surface area contributed by atoms with Crippen LogP contribution >= 0.6 is 0 Å². The van der Waals surface area contributed by atoms with E-state index in [0.29, 0.717) is 5.75 Å². The number of rotatable bonds is 4. The Bertz CT molecular complexity index is 758. The average molecular weight is 326 g/mol. The predicted octanol–water partition coefficient (Wildman–Crippen LogP) is 1.81. The van der Waals surface area contributed by atoms with Gasteiger partial charge < -0.3 is 4.74 Å². The Balaban J connectivity index is 1.72. The summed E-state index contributed by atoms with van der Waals surface area (Å²) >= 11 is 0. The molecule has 1 aromatic heterocycles. The van der Waals surface area contributed by atoms with Crippen LogP contribution < -0.4 is 4.74 Å². The number of hydrogen-bond donors (Lipinski definition) is 0. The number of sulfonamides is 1. The van der Waals surface area contributed by atoms with Gasteiger partial charge in [-0.25, -0.2) is 17.2 Å². The lowest BCUT2D eigenvalue weighted by Crippen LogP contribution is -2.56. The third-order valence-corrected chi connectivity index (χ3v) is 5.15. The molecule has 1 saturated heterocycles. The standard InChI is InChI=1S/C14H12F2N2O3S/c15-12-4-1-5-13(16)14(12)22(19,20)18-8-11(9-18)21-10-3-2-6-17-7-10/h1-7,11H,8-9H2. The third-order valence-electron chi connectivity index (χ3n) is 3.27. The quantitative estimate of drug-likeness (QED) is 0.860. The molecule has 0 spiro atoms. The third kappa shape index (κ3) is 2.67. The number of aromatic nitrogens is 1. The first-order valence-electron chi connectivity index (χ1n) is 6.49. The second-order valence-corrected chi connectivity index (χ2v) is 6.68. The molecule has 0 atom stereocenters. The minimum absolute atomic E-state index is 0.0327. The molecule has 3 rings (SSSR count). The second kappa shape index (κ2) is 5.62. The highest BCUT2D eigenvalue weighted by atomic mass is 32.2. The van der Waals surface area contributed by atoms with Crippen LogP contribution in [0.3, 0.4) is 0 Å². The van der Waals surface area contributed by atoms with Gasteiger partial charge in [0.2, 0.25) is 10.0 Å². The molecule has 0 unspecified atom stereocenters. The Hall–Kier alpha value is -2.06. The molecule has 1 aromatic carbocycles. The van der Waals surface area contributed by atoms with E-state index < -0.39 is 26.6 Å². The van der Waals surface area contributed by atoms with Gasteiger partial charge in [0.25, 0.3) is 0 Å². The monoisotopic (exact) mass is 326 g/mol. The molecule has 1 fully saturated rings. The van der Waals surface area contributed by atoms with E-state index in [1.54, 1.807) is 18.3 Å². The lowest BCUT2D eigenvalue weighted by Gasteiger charge is -2.37. The number of hydrogen-bond acceptors (Lipinski definition) is 4. The summed E-state index contributed by atoms with van der Waals surface area (Å²) in [5.74, 6) is -1.69. The second-order valence-electron chi connectivity index (χ2n) is 4.80. The van der Waals surface area contributed by atoms with Crippen LogP contribution in [0.4, 0.5) is 8.78 Å². The van der Waals surface area contributed by atoms with Crippen molar-refractivity contribution in [2.45, 2.75) is 11.0 Å². The maximum absolute atomic E-state index is 13.6. The fourth-order valence-electron chi connectivity index (χ4n) is 2.14. The molecule has 2 heterocycles. The minimum atomic E-state index is -4.20. The summed E-state index contributed by atoms with van der Waals surface area (Å²) in [5.41, 5.74) is 0. The van der Waals surface area contributed by atoms with Crippen molar-refractivity contribution < 1.29 is 21.9 Å². The Morgan fingerprint density at radius 1 is 1.14 bits per heavy atom. The number of halogens is 2. The van der Waals surface area contributed by atoms with Crippen molar-refractivity contribution in [3.05, 3.63) is 54.4 Å². The first-order chi connectivity index (χ1) is 10.5. The van der Waals surface area contributed by atoms with E-state index in [9.17, 15) is 17.2 Å². The van der Waals surface area contributed by atoms with Crippen LogP contribution in [0.1, 0.15) is 0 Å². The maximum Gasteiger partial charge on any atom is 0.249 e. The molecular formula is C14H12F2N2O3S. The highest BCUT2D eigenvalue weighted by molar-refractivity contribution is 7.89. The molecule has 8 heteroatoms. The van der Waals surface area contributed by atoms with Crippen LogP contribution in [0.15, 0.2) is 47.6 Å². The lowest BCUT2D eigenvalue weighted by molar-refractivity contribution is 0.0755. The van der Waals surface area contributed by atoms with E-state index in [-0.39, 0.29) is 19.2 Å². The Morgan fingerprint density at radius 3 is 2.41 bits per heavy atom. The summed E-state index contributed by atoms with van der Waals surface area (Å²) in [6.07, 6.45) is 2.73. The highest BCUT2D eigenvalue weighted by Gasteiger charge is 2.40. The average Bonchev–Trinajstić information content (AvgIpc) is 2.43. The molecule has 0 aliphatic carbocycles. The van der Waals surface area contributed by atoms with Crippen molar-refractivity contribution in [1.29, 1.82) is 0 Å². The largest absolute Gasteiger partial charge is 0.486 e. The van der Waals surface area contributed by atoms with Gasteiger partial charge in [-0.2, -0.15) is 4.31 Å². The summed E-state index contributed by atoms with van der Waals surface area (Å²) in [7, 11) is -4.20. The van der Waals surface area contributed by atoms with Crippen LogP contribution in [-0.4, -0.2) is 36.9 Å². The molecule has 0 saturated carbocycles. The van der Waals surface area contributed by atoms with E-state index in [4.69, 9.17) is 4.74 Å². The summed E-state index contributed by atoms with van der Waals surface area (Å²) in [4.78, 5) is 2.96. The number of benzene rings is 1. The van der Waals surface area contributed by atoms with Crippen LogP contribution in [-0.2, 0) is 10.0 Å². The van der Waals surface area contributed by atoms with Crippen LogP contribution in [0.2, 0.25) is 0 Å². The molecule has 1 aliphatic rings. The molecule has 2 aromatic rings. The Morgan fingerprint density at radius 2 is 1.82 bits per heavy atom. The van der Waals surface area contributed by atoms with Crippen molar-refractivity contribution in [2.24, 2.45) is 0 Å². The van der Waals surface area contributed by atoms with E-state index in [1.165, 1.54) is 6.20 Å². The first-order valence-corrected chi connectivity index (χ1v) is 7.93. The van der Waals surface area contributed by atoms with Crippen molar-refractivity contribution >= 4 is 10.0 Å². The topological polar surface area (TPSA) is 59.5 Å². The van der Waals surface area contributed by atoms with Crippen LogP contribution in [0.5, 0.6) is 5.75 Å². The fraction of sp³-hybridized carbons (Fsp3) is 0.214. The summed E-state index contributed by atoms with van der Waals surface area (Å²) in [6.45, 7) is 0.0655. The molecule has 0 bridgehead atoms.